The van der Waals surface area contributed by atoms with E-state index in [0.29, 0.717) is 16.9 Å². The largest absolute Gasteiger partial charge is 0.488 e. The number of benzene rings is 1. The molecule has 0 amide bonds. The molecule has 24 heavy (non-hydrogen) atoms. The molecule has 0 aliphatic carbocycles. The van der Waals surface area contributed by atoms with Crippen LogP contribution in [-0.4, -0.2) is 42.3 Å². The molecule has 0 fully saturated rings. The van der Waals surface area contributed by atoms with Crippen molar-refractivity contribution < 1.29 is 14.5 Å². The van der Waals surface area contributed by atoms with E-state index in [-0.39, 0.29) is 5.92 Å². The molecule has 1 aromatic carbocycles. The van der Waals surface area contributed by atoms with Gasteiger partial charge < -0.3 is 25.2 Å². The molecule has 1 aromatic heterocycles. The molecule has 3 rings (SSSR count). The molecule has 122 valence electrons. The van der Waals surface area contributed by atoms with Gasteiger partial charge in [-0.05, 0) is 29.2 Å². The average Bonchev–Trinajstić information content (AvgIpc) is 3.11. The average molecular weight is 323 g/mol. The lowest BCUT2D eigenvalue weighted by molar-refractivity contribution is 0.426. The molecule has 0 spiro atoms. The van der Waals surface area contributed by atoms with Gasteiger partial charge in [0, 0.05) is 18.8 Å². The molecule has 4 N–H and O–H groups in total. The third kappa shape index (κ3) is 3.23. The second-order valence-corrected chi connectivity index (χ2v) is 5.51. The Hall–Kier alpha value is -2.48. The van der Waals surface area contributed by atoms with Gasteiger partial charge >= 0.3 is 7.12 Å². The Balaban J connectivity index is 2.06. The Kier molecular flexibility index (Phi) is 4.75. The summed E-state index contributed by atoms with van der Waals surface area (Å²) in [6, 6.07) is 10.6. The van der Waals surface area contributed by atoms with Gasteiger partial charge in [0.1, 0.15) is 11.9 Å². The molecule has 2 atom stereocenters. The van der Waals surface area contributed by atoms with Gasteiger partial charge in [-0.1, -0.05) is 24.3 Å². The van der Waals surface area contributed by atoms with Crippen LogP contribution in [0.5, 0.6) is 0 Å². The van der Waals surface area contributed by atoms with E-state index in [1.54, 1.807) is 37.7 Å². The molecule has 2 aromatic rings. The van der Waals surface area contributed by atoms with Gasteiger partial charge in [-0.3, -0.25) is 4.99 Å². The smallest absolute Gasteiger partial charge is 0.465 e. The maximum Gasteiger partial charge on any atom is 0.488 e. The topological polar surface area (TPSA) is 104 Å². The van der Waals surface area contributed by atoms with Crippen molar-refractivity contribution in [2.45, 2.75) is 6.17 Å². The second kappa shape index (κ2) is 6.96. The van der Waals surface area contributed by atoms with Crippen LogP contribution >= 0.6 is 0 Å². The third-order valence-corrected chi connectivity index (χ3v) is 3.90. The van der Waals surface area contributed by atoms with E-state index in [9.17, 15) is 10.0 Å². The first kappa shape index (κ1) is 16.4. The first-order valence-electron chi connectivity index (χ1n) is 7.57. The Bertz CT molecular complexity index is 797. The fourth-order valence-electron chi connectivity index (χ4n) is 2.73. The lowest BCUT2D eigenvalue weighted by Crippen LogP contribution is -2.35. The number of hydrogen-bond acceptors (Lipinski definition) is 6. The van der Waals surface area contributed by atoms with Crippen molar-refractivity contribution in [3.63, 3.8) is 0 Å². The van der Waals surface area contributed by atoms with Crippen molar-refractivity contribution in [3.8, 4) is 0 Å². The molecule has 0 bridgehead atoms. The fraction of sp³-hybridized carbons (Fsp3) is 0.176. The summed E-state index contributed by atoms with van der Waals surface area (Å²) < 4.78 is 5.52. The molecular weight excluding hydrogens is 305 g/mol. The van der Waals surface area contributed by atoms with Crippen molar-refractivity contribution in [3.05, 3.63) is 60.1 Å². The number of furan rings is 1. The minimum absolute atomic E-state index is 0.184. The number of hydrogen-bond donors (Lipinski definition) is 3. The lowest BCUT2D eigenvalue weighted by Gasteiger charge is -2.24. The maximum atomic E-state index is 9.36. The van der Waals surface area contributed by atoms with E-state index in [0.717, 1.165) is 11.1 Å². The zero-order valence-electron chi connectivity index (χ0n) is 13.2. The summed E-state index contributed by atoms with van der Waals surface area (Å²) in [5.74, 6) is 0.526. The highest BCUT2D eigenvalue weighted by Crippen LogP contribution is 2.29. The zero-order valence-corrected chi connectivity index (χ0v) is 13.2. The van der Waals surface area contributed by atoms with E-state index >= 15 is 0 Å². The zero-order chi connectivity index (χ0) is 17.1. The lowest BCUT2D eigenvalue weighted by atomic mass is 9.79. The van der Waals surface area contributed by atoms with Gasteiger partial charge in [0.25, 0.3) is 0 Å². The number of allylic oxidation sites excluding steroid dienone is 1. The molecule has 1 aliphatic heterocycles. The van der Waals surface area contributed by atoms with Crippen molar-refractivity contribution in [2.24, 2.45) is 21.6 Å². The molecule has 2 heterocycles. The highest BCUT2D eigenvalue weighted by atomic mass is 16.4. The molecule has 0 radical (unpaired) electrons. The third-order valence-electron chi connectivity index (χ3n) is 3.90. The number of aliphatic imine (C=N–C) groups is 2. The second-order valence-electron chi connectivity index (χ2n) is 5.51. The number of nitrogens with two attached hydrogens (primary N) is 1. The normalized spacial score (nSPS) is 20.8. The van der Waals surface area contributed by atoms with Gasteiger partial charge in [-0.15, -0.1) is 0 Å². The number of dihydropyridines is 1. The summed E-state index contributed by atoms with van der Waals surface area (Å²) in [5.41, 5.74) is 8.93. The summed E-state index contributed by atoms with van der Waals surface area (Å²) in [6.07, 6.45) is 4.76. The number of nitrogens with zero attached hydrogens (tertiary/aromatic N) is 2. The van der Waals surface area contributed by atoms with E-state index < -0.39 is 13.3 Å². The van der Waals surface area contributed by atoms with Crippen LogP contribution in [0.25, 0.3) is 5.57 Å². The molecule has 7 heteroatoms. The molecule has 0 saturated heterocycles. The van der Waals surface area contributed by atoms with Crippen molar-refractivity contribution in [1.29, 1.82) is 0 Å². The number of rotatable bonds is 4. The highest BCUT2D eigenvalue weighted by Gasteiger charge is 2.28. The Morgan fingerprint density at radius 1 is 1.29 bits per heavy atom. The SMILES string of the molecule is CN=CC1C(c2ccco2)=CC(c2cccc(B(O)O)c2)=NC1N. The maximum absolute atomic E-state index is 9.36. The predicted molar refractivity (Wildman–Crippen MR) is 95.4 cm³/mol. The van der Waals surface area contributed by atoms with Crippen LogP contribution in [0.2, 0.25) is 0 Å². The van der Waals surface area contributed by atoms with Gasteiger partial charge in [0.2, 0.25) is 0 Å². The van der Waals surface area contributed by atoms with Gasteiger partial charge in [0.15, 0.2) is 0 Å². The highest BCUT2D eigenvalue weighted by molar-refractivity contribution is 6.58. The van der Waals surface area contributed by atoms with Crippen LogP contribution in [0.4, 0.5) is 0 Å². The summed E-state index contributed by atoms with van der Waals surface area (Å²) in [6.45, 7) is 0. The Morgan fingerprint density at radius 3 is 2.79 bits per heavy atom. The van der Waals surface area contributed by atoms with Crippen molar-refractivity contribution in [2.75, 3.05) is 7.05 Å². The molecule has 2 unspecified atom stereocenters. The first-order valence-corrected chi connectivity index (χ1v) is 7.57. The van der Waals surface area contributed by atoms with Gasteiger partial charge in [-0.25, -0.2) is 0 Å². The summed E-state index contributed by atoms with van der Waals surface area (Å²) in [4.78, 5) is 8.62. The van der Waals surface area contributed by atoms with Crippen molar-refractivity contribution >= 4 is 30.1 Å². The van der Waals surface area contributed by atoms with Crippen LogP contribution in [0.15, 0.2) is 63.1 Å². The van der Waals surface area contributed by atoms with Gasteiger partial charge in [0.05, 0.1) is 17.9 Å². The molecule has 0 saturated carbocycles. The predicted octanol–water partition coefficient (Wildman–Crippen LogP) is 0.447. The summed E-state index contributed by atoms with van der Waals surface area (Å²) in [7, 11) is 0.161. The van der Waals surface area contributed by atoms with Crippen molar-refractivity contribution in [1.82, 2.24) is 0 Å². The van der Waals surface area contributed by atoms with E-state index in [1.807, 2.05) is 24.3 Å². The first-order chi connectivity index (χ1) is 11.6. The molecule has 6 nitrogen and oxygen atoms in total. The van der Waals surface area contributed by atoms with Crippen LogP contribution in [0.3, 0.4) is 0 Å². The fourth-order valence-corrected chi connectivity index (χ4v) is 2.73. The van der Waals surface area contributed by atoms with Crippen LogP contribution in [0.1, 0.15) is 11.3 Å². The van der Waals surface area contributed by atoms with Gasteiger partial charge in [-0.2, -0.15) is 0 Å². The Morgan fingerprint density at radius 2 is 2.12 bits per heavy atom. The quantitative estimate of drug-likeness (QED) is 0.561. The van der Waals surface area contributed by atoms with E-state index in [2.05, 4.69) is 9.98 Å². The van der Waals surface area contributed by atoms with E-state index in [4.69, 9.17) is 10.2 Å². The molecular formula is C17H18BN3O3. The van der Waals surface area contributed by atoms with E-state index in [1.165, 1.54) is 0 Å². The van der Waals surface area contributed by atoms with Crippen LogP contribution < -0.4 is 11.2 Å². The summed E-state index contributed by atoms with van der Waals surface area (Å²) >= 11 is 0. The summed E-state index contributed by atoms with van der Waals surface area (Å²) in [5, 5.41) is 18.7. The Labute approximate surface area is 140 Å². The molecule has 1 aliphatic rings. The van der Waals surface area contributed by atoms with Crippen LogP contribution in [-0.2, 0) is 0 Å². The standard InChI is InChI=1S/C17H18BN3O3/c1-20-10-14-13(16-6-3-7-24-16)9-15(21-17(14)19)11-4-2-5-12(8-11)18(22)23/h2-10,14,17,22-23H,19H2,1H3. The van der Waals surface area contributed by atoms with Crippen LogP contribution in [0, 0.1) is 5.92 Å². The minimum atomic E-state index is -1.53. The minimum Gasteiger partial charge on any atom is -0.465 e. The monoisotopic (exact) mass is 323 g/mol.